The first kappa shape index (κ1) is 10.7. The zero-order chi connectivity index (χ0) is 9.68. The van der Waals surface area contributed by atoms with Crippen LogP contribution >= 0.6 is 15.9 Å². The molecule has 0 radical (unpaired) electrons. The summed E-state index contributed by atoms with van der Waals surface area (Å²) < 4.78 is 1.03. The molecule has 1 N–H and O–H groups in total. The van der Waals surface area contributed by atoms with Crippen LogP contribution < -0.4 is 5.32 Å². The predicted octanol–water partition coefficient (Wildman–Crippen LogP) is 2.38. The largest absolute Gasteiger partial charge is 0.314 e. The molecule has 13 heavy (non-hydrogen) atoms. The van der Waals surface area contributed by atoms with E-state index in [1.165, 1.54) is 0 Å². The van der Waals surface area contributed by atoms with Gasteiger partial charge in [0, 0.05) is 28.8 Å². The molecule has 0 spiro atoms. The number of hydrogen-bond donors (Lipinski definition) is 1. The van der Waals surface area contributed by atoms with Crippen molar-refractivity contribution in [2.75, 3.05) is 6.54 Å². The van der Waals surface area contributed by atoms with Crippen LogP contribution in [0.15, 0.2) is 22.8 Å². The lowest BCUT2D eigenvalue weighted by Crippen LogP contribution is -2.27. The minimum atomic E-state index is 0.499. The number of pyridine rings is 1. The topological polar surface area (TPSA) is 24.9 Å². The molecule has 0 aromatic carbocycles. The van der Waals surface area contributed by atoms with Crippen LogP contribution in [0.3, 0.4) is 0 Å². The highest BCUT2D eigenvalue weighted by atomic mass is 79.9. The van der Waals surface area contributed by atoms with Crippen molar-refractivity contribution < 1.29 is 0 Å². The SMILES string of the molecule is CCNC(C)Cc1ccc(Br)cn1. The molecule has 72 valence electrons. The molecule has 0 aliphatic heterocycles. The van der Waals surface area contributed by atoms with Crippen molar-refractivity contribution in [2.45, 2.75) is 26.3 Å². The Kier molecular flexibility index (Phi) is 4.39. The standard InChI is InChI=1S/C10H15BrN2/c1-3-12-8(2)6-10-5-4-9(11)7-13-10/h4-5,7-8,12H,3,6H2,1-2H3. The third-order valence-corrected chi connectivity index (χ3v) is 2.33. The highest BCUT2D eigenvalue weighted by Crippen LogP contribution is 2.08. The third kappa shape index (κ3) is 3.87. The van der Waals surface area contributed by atoms with Crippen molar-refractivity contribution in [1.29, 1.82) is 0 Å². The maximum atomic E-state index is 4.31. The summed E-state index contributed by atoms with van der Waals surface area (Å²) in [7, 11) is 0. The van der Waals surface area contributed by atoms with Crippen LogP contribution in [-0.4, -0.2) is 17.6 Å². The Morgan fingerprint density at radius 2 is 2.31 bits per heavy atom. The predicted molar refractivity (Wildman–Crippen MR) is 58.8 cm³/mol. The highest BCUT2D eigenvalue weighted by Gasteiger charge is 2.01. The summed E-state index contributed by atoms with van der Waals surface area (Å²) in [4.78, 5) is 4.31. The van der Waals surface area contributed by atoms with Crippen molar-refractivity contribution >= 4 is 15.9 Å². The Hall–Kier alpha value is -0.410. The molecule has 0 saturated heterocycles. The third-order valence-electron chi connectivity index (χ3n) is 1.86. The smallest absolute Gasteiger partial charge is 0.0419 e. The quantitative estimate of drug-likeness (QED) is 0.878. The first-order valence-electron chi connectivity index (χ1n) is 4.56. The Morgan fingerprint density at radius 1 is 1.54 bits per heavy atom. The van der Waals surface area contributed by atoms with Gasteiger partial charge in [-0.25, -0.2) is 0 Å². The summed E-state index contributed by atoms with van der Waals surface area (Å²) in [6, 6.07) is 4.58. The van der Waals surface area contributed by atoms with E-state index in [4.69, 9.17) is 0 Å². The molecule has 0 aliphatic carbocycles. The van der Waals surface area contributed by atoms with Crippen molar-refractivity contribution in [3.63, 3.8) is 0 Å². The van der Waals surface area contributed by atoms with Gasteiger partial charge in [0.1, 0.15) is 0 Å². The molecule has 1 unspecified atom stereocenters. The van der Waals surface area contributed by atoms with Gasteiger partial charge in [0.05, 0.1) is 0 Å². The molecule has 2 nitrogen and oxygen atoms in total. The van der Waals surface area contributed by atoms with Gasteiger partial charge in [-0.05, 0) is 41.5 Å². The maximum absolute atomic E-state index is 4.31. The molecule has 1 heterocycles. The minimum Gasteiger partial charge on any atom is -0.314 e. The molecule has 1 rings (SSSR count). The molecule has 1 atom stereocenters. The molecule has 0 aliphatic rings. The molecule has 0 amide bonds. The van der Waals surface area contributed by atoms with E-state index in [0.717, 1.165) is 23.1 Å². The van der Waals surface area contributed by atoms with Crippen molar-refractivity contribution in [2.24, 2.45) is 0 Å². The van der Waals surface area contributed by atoms with Crippen LogP contribution in [0.2, 0.25) is 0 Å². The van der Waals surface area contributed by atoms with E-state index in [0.29, 0.717) is 6.04 Å². The Bertz CT molecular complexity index is 246. The number of rotatable bonds is 4. The second kappa shape index (κ2) is 5.35. The number of hydrogen-bond acceptors (Lipinski definition) is 2. The maximum Gasteiger partial charge on any atom is 0.0419 e. The van der Waals surface area contributed by atoms with E-state index >= 15 is 0 Å². The first-order chi connectivity index (χ1) is 6.22. The van der Waals surface area contributed by atoms with E-state index in [2.05, 4.69) is 46.1 Å². The fourth-order valence-corrected chi connectivity index (χ4v) is 1.50. The number of likely N-dealkylation sites (N-methyl/N-ethyl adjacent to an activating group) is 1. The van der Waals surface area contributed by atoms with Gasteiger partial charge in [0.2, 0.25) is 0 Å². The van der Waals surface area contributed by atoms with E-state index in [-0.39, 0.29) is 0 Å². The van der Waals surface area contributed by atoms with Crippen LogP contribution in [0.5, 0.6) is 0 Å². The van der Waals surface area contributed by atoms with Crippen molar-refractivity contribution in [1.82, 2.24) is 10.3 Å². The van der Waals surface area contributed by atoms with E-state index < -0.39 is 0 Å². The van der Waals surface area contributed by atoms with Crippen molar-refractivity contribution in [3.05, 3.63) is 28.5 Å². The van der Waals surface area contributed by atoms with Crippen molar-refractivity contribution in [3.8, 4) is 0 Å². The lowest BCUT2D eigenvalue weighted by molar-refractivity contribution is 0.559. The molecule has 3 heteroatoms. The van der Waals surface area contributed by atoms with Gasteiger partial charge >= 0.3 is 0 Å². The lowest BCUT2D eigenvalue weighted by Gasteiger charge is -2.10. The second-order valence-corrected chi connectivity index (χ2v) is 4.05. The second-order valence-electron chi connectivity index (χ2n) is 3.13. The Labute approximate surface area is 87.9 Å². The molecule has 1 aromatic heterocycles. The number of halogens is 1. The Balaban J connectivity index is 2.49. The number of aromatic nitrogens is 1. The summed E-state index contributed by atoms with van der Waals surface area (Å²) in [6.45, 7) is 5.30. The van der Waals surface area contributed by atoms with E-state index in [1.807, 2.05) is 12.3 Å². The normalized spacial score (nSPS) is 12.8. The van der Waals surface area contributed by atoms with Gasteiger partial charge in [-0.3, -0.25) is 4.98 Å². The van der Waals surface area contributed by atoms with Gasteiger partial charge in [-0.2, -0.15) is 0 Å². The van der Waals surface area contributed by atoms with Gasteiger partial charge in [0.25, 0.3) is 0 Å². The molecule has 0 bridgehead atoms. The summed E-state index contributed by atoms with van der Waals surface area (Å²) in [5.74, 6) is 0. The summed E-state index contributed by atoms with van der Waals surface area (Å²) in [5.41, 5.74) is 1.14. The molecular formula is C10H15BrN2. The fraction of sp³-hybridized carbons (Fsp3) is 0.500. The van der Waals surface area contributed by atoms with Crippen LogP contribution in [0.4, 0.5) is 0 Å². The first-order valence-corrected chi connectivity index (χ1v) is 5.35. The zero-order valence-corrected chi connectivity index (χ0v) is 9.63. The van der Waals surface area contributed by atoms with E-state index in [1.54, 1.807) is 0 Å². The van der Waals surface area contributed by atoms with E-state index in [9.17, 15) is 0 Å². The summed E-state index contributed by atoms with van der Waals surface area (Å²) in [6.07, 6.45) is 2.83. The molecule has 0 saturated carbocycles. The van der Waals surface area contributed by atoms with Crippen LogP contribution in [0, 0.1) is 0 Å². The average Bonchev–Trinajstić information content (AvgIpc) is 2.09. The zero-order valence-electron chi connectivity index (χ0n) is 8.05. The van der Waals surface area contributed by atoms with Gasteiger partial charge in [-0.1, -0.05) is 6.92 Å². The summed E-state index contributed by atoms with van der Waals surface area (Å²) in [5, 5.41) is 3.36. The highest BCUT2D eigenvalue weighted by molar-refractivity contribution is 9.10. The molecular weight excluding hydrogens is 228 g/mol. The average molecular weight is 243 g/mol. The Morgan fingerprint density at radius 3 is 2.85 bits per heavy atom. The monoisotopic (exact) mass is 242 g/mol. The van der Waals surface area contributed by atoms with Gasteiger partial charge in [-0.15, -0.1) is 0 Å². The molecule has 0 fully saturated rings. The van der Waals surface area contributed by atoms with Crippen LogP contribution in [-0.2, 0) is 6.42 Å². The minimum absolute atomic E-state index is 0.499. The number of nitrogens with one attached hydrogen (secondary N) is 1. The fourth-order valence-electron chi connectivity index (χ4n) is 1.26. The van der Waals surface area contributed by atoms with Crippen LogP contribution in [0.25, 0.3) is 0 Å². The molecule has 1 aromatic rings. The van der Waals surface area contributed by atoms with Crippen LogP contribution in [0.1, 0.15) is 19.5 Å². The number of nitrogens with zero attached hydrogens (tertiary/aromatic N) is 1. The lowest BCUT2D eigenvalue weighted by atomic mass is 10.1. The summed E-state index contributed by atoms with van der Waals surface area (Å²) >= 11 is 3.36. The van der Waals surface area contributed by atoms with Gasteiger partial charge < -0.3 is 5.32 Å². The van der Waals surface area contributed by atoms with Gasteiger partial charge in [0.15, 0.2) is 0 Å².